The molecule has 0 unspecified atom stereocenters. The molecule has 0 saturated carbocycles. The fourth-order valence-corrected chi connectivity index (χ4v) is 2.79. The van der Waals surface area contributed by atoms with Crippen LogP contribution in [-0.2, 0) is 5.75 Å². The van der Waals surface area contributed by atoms with E-state index < -0.39 is 0 Å². The average molecular weight is 265 g/mol. The van der Waals surface area contributed by atoms with E-state index in [1.807, 2.05) is 31.2 Å². The minimum Gasteiger partial charge on any atom is -0.398 e. The van der Waals surface area contributed by atoms with Crippen LogP contribution in [0, 0.1) is 6.92 Å². The Hall–Kier alpha value is -1.19. The van der Waals surface area contributed by atoms with Crippen LogP contribution in [0.4, 0.5) is 5.69 Å². The molecule has 1 heterocycles. The number of hydrogen-bond donors (Lipinski definition) is 1. The molecule has 17 heavy (non-hydrogen) atoms. The molecular weight excluding hydrogens is 252 g/mol. The number of nitrogens with zero attached hydrogens (tertiary/aromatic N) is 1. The summed E-state index contributed by atoms with van der Waals surface area (Å²) in [6.45, 7) is 2.03. The SMILES string of the molecule is Cc1c(N)cccc1SCc1cccnc1Cl. The maximum atomic E-state index is 6.01. The largest absolute Gasteiger partial charge is 0.398 e. The lowest BCUT2D eigenvalue weighted by Gasteiger charge is -2.08. The number of anilines is 1. The maximum Gasteiger partial charge on any atom is 0.133 e. The zero-order valence-electron chi connectivity index (χ0n) is 9.48. The summed E-state index contributed by atoms with van der Waals surface area (Å²) in [6, 6.07) is 9.84. The van der Waals surface area contributed by atoms with Crippen molar-refractivity contribution in [3.63, 3.8) is 0 Å². The topological polar surface area (TPSA) is 38.9 Å². The number of halogens is 1. The normalized spacial score (nSPS) is 10.5. The van der Waals surface area contributed by atoms with Gasteiger partial charge in [-0.25, -0.2) is 4.98 Å². The van der Waals surface area contributed by atoms with E-state index in [-0.39, 0.29) is 0 Å². The van der Waals surface area contributed by atoms with E-state index in [9.17, 15) is 0 Å². The quantitative estimate of drug-likeness (QED) is 0.519. The first-order valence-electron chi connectivity index (χ1n) is 5.26. The predicted octanol–water partition coefficient (Wildman–Crippen LogP) is 3.92. The second-order valence-electron chi connectivity index (χ2n) is 3.71. The van der Waals surface area contributed by atoms with Crippen molar-refractivity contribution in [1.82, 2.24) is 4.98 Å². The Labute approximate surface area is 110 Å². The highest BCUT2D eigenvalue weighted by Crippen LogP contribution is 2.30. The molecule has 0 aliphatic carbocycles. The van der Waals surface area contributed by atoms with Crippen LogP contribution in [0.3, 0.4) is 0 Å². The Kier molecular flexibility index (Phi) is 3.92. The van der Waals surface area contributed by atoms with Crippen LogP contribution >= 0.6 is 23.4 Å². The van der Waals surface area contributed by atoms with Crippen molar-refractivity contribution in [3.8, 4) is 0 Å². The van der Waals surface area contributed by atoms with Crippen LogP contribution in [0.2, 0.25) is 5.15 Å². The van der Waals surface area contributed by atoms with Gasteiger partial charge in [0.2, 0.25) is 0 Å². The molecule has 0 fully saturated rings. The van der Waals surface area contributed by atoms with Crippen LogP contribution < -0.4 is 5.73 Å². The first-order chi connectivity index (χ1) is 8.18. The number of nitrogen functional groups attached to an aromatic ring is 1. The molecule has 1 aromatic heterocycles. The summed E-state index contributed by atoms with van der Waals surface area (Å²) in [4.78, 5) is 5.24. The van der Waals surface area contributed by atoms with Crippen LogP contribution in [0.5, 0.6) is 0 Å². The summed E-state index contributed by atoms with van der Waals surface area (Å²) in [5, 5.41) is 0.571. The Morgan fingerprint density at radius 2 is 2.12 bits per heavy atom. The van der Waals surface area contributed by atoms with E-state index in [2.05, 4.69) is 11.1 Å². The lowest BCUT2D eigenvalue weighted by Crippen LogP contribution is -1.91. The molecule has 0 spiro atoms. The molecule has 4 heteroatoms. The molecule has 2 N–H and O–H groups in total. The molecule has 88 valence electrons. The lowest BCUT2D eigenvalue weighted by atomic mass is 10.2. The third kappa shape index (κ3) is 2.93. The van der Waals surface area contributed by atoms with Crippen LogP contribution in [0.1, 0.15) is 11.1 Å². The highest BCUT2D eigenvalue weighted by molar-refractivity contribution is 7.98. The zero-order valence-corrected chi connectivity index (χ0v) is 11.1. The molecule has 0 atom stereocenters. The molecule has 0 radical (unpaired) electrons. The van der Waals surface area contributed by atoms with Crippen molar-refractivity contribution in [1.29, 1.82) is 0 Å². The highest BCUT2D eigenvalue weighted by Gasteiger charge is 2.05. The summed E-state index contributed by atoms with van der Waals surface area (Å²) in [7, 11) is 0. The van der Waals surface area contributed by atoms with Crippen LogP contribution in [0.15, 0.2) is 41.4 Å². The van der Waals surface area contributed by atoms with Crippen molar-refractivity contribution in [3.05, 3.63) is 52.8 Å². The van der Waals surface area contributed by atoms with Gasteiger partial charge in [-0.1, -0.05) is 23.7 Å². The maximum absolute atomic E-state index is 6.01. The van der Waals surface area contributed by atoms with Gasteiger partial charge in [-0.05, 0) is 36.2 Å². The summed E-state index contributed by atoms with van der Waals surface area (Å²) < 4.78 is 0. The molecule has 0 bridgehead atoms. The fourth-order valence-electron chi connectivity index (χ4n) is 1.47. The summed E-state index contributed by atoms with van der Waals surface area (Å²) in [5.74, 6) is 0.803. The molecule has 0 saturated heterocycles. The molecule has 2 rings (SSSR count). The van der Waals surface area contributed by atoms with E-state index in [0.29, 0.717) is 5.15 Å². The van der Waals surface area contributed by atoms with Gasteiger partial charge < -0.3 is 5.73 Å². The Bertz CT molecular complexity index is 529. The Balaban J connectivity index is 2.13. The third-order valence-electron chi connectivity index (χ3n) is 2.55. The summed E-state index contributed by atoms with van der Waals surface area (Å²) in [5.41, 5.74) is 8.86. The molecule has 0 aliphatic heterocycles. The van der Waals surface area contributed by atoms with Crippen molar-refractivity contribution in [2.75, 3.05) is 5.73 Å². The minimum absolute atomic E-state index is 0.571. The number of rotatable bonds is 3. The van der Waals surface area contributed by atoms with Crippen LogP contribution in [-0.4, -0.2) is 4.98 Å². The van der Waals surface area contributed by atoms with Crippen molar-refractivity contribution in [2.45, 2.75) is 17.6 Å². The number of aromatic nitrogens is 1. The Morgan fingerprint density at radius 1 is 1.29 bits per heavy atom. The van der Waals surface area contributed by atoms with Gasteiger partial charge in [0, 0.05) is 22.5 Å². The van der Waals surface area contributed by atoms with Gasteiger partial charge in [-0.3, -0.25) is 0 Å². The van der Waals surface area contributed by atoms with Crippen molar-refractivity contribution in [2.24, 2.45) is 0 Å². The van der Waals surface area contributed by atoms with Gasteiger partial charge in [-0.15, -0.1) is 11.8 Å². The second kappa shape index (κ2) is 5.43. The molecule has 0 aliphatic rings. The average Bonchev–Trinajstić information content (AvgIpc) is 2.33. The predicted molar refractivity (Wildman–Crippen MR) is 74.4 cm³/mol. The number of thioether (sulfide) groups is 1. The molecule has 0 amide bonds. The van der Waals surface area contributed by atoms with Gasteiger partial charge in [-0.2, -0.15) is 0 Å². The van der Waals surface area contributed by atoms with E-state index in [1.165, 1.54) is 4.90 Å². The van der Waals surface area contributed by atoms with Crippen LogP contribution in [0.25, 0.3) is 0 Å². The highest BCUT2D eigenvalue weighted by atomic mass is 35.5. The van der Waals surface area contributed by atoms with Gasteiger partial charge in [0.25, 0.3) is 0 Å². The van der Waals surface area contributed by atoms with E-state index >= 15 is 0 Å². The van der Waals surface area contributed by atoms with E-state index in [1.54, 1.807) is 18.0 Å². The fraction of sp³-hybridized carbons (Fsp3) is 0.154. The molecule has 2 aromatic rings. The molecular formula is C13H13ClN2S. The van der Waals surface area contributed by atoms with E-state index in [4.69, 9.17) is 17.3 Å². The first-order valence-corrected chi connectivity index (χ1v) is 6.62. The molecule has 2 nitrogen and oxygen atoms in total. The van der Waals surface area contributed by atoms with Gasteiger partial charge in [0.05, 0.1) is 0 Å². The third-order valence-corrected chi connectivity index (χ3v) is 4.09. The van der Waals surface area contributed by atoms with Crippen molar-refractivity contribution < 1.29 is 0 Å². The smallest absolute Gasteiger partial charge is 0.133 e. The standard InChI is InChI=1S/C13H13ClN2S/c1-9-11(15)5-2-6-12(9)17-8-10-4-3-7-16-13(10)14/h2-7H,8,15H2,1H3. The van der Waals surface area contributed by atoms with E-state index in [0.717, 1.165) is 22.6 Å². The Morgan fingerprint density at radius 3 is 2.88 bits per heavy atom. The first kappa shape index (κ1) is 12.3. The number of pyridine rings is 1. The van der Waals surface area contributed by atoms with Gasteiger partial charge in [0.1, 0.15) is 5.15 Å². The molecule has 1 aromatic carbocycles. The lowest BCUT2D eigenvalue weighted by molar-refractivity contribution is 1.24. The number of benzene rings is 1. The number of nitrogens with two attached hydrogens (primary N) is 1. The zero-order chi connectivity index (χ0) is 12.3. The minimum atomic E-state index is 0.571. The monoisotopic (exact) mass is 264 g/mol. The van der Waals surface area contributed by atoms with Crippen molar-refractivity contribution >= 4 is 29.1 Å². The second-order valence-corrected chi connectivity index (χ2v) is 5.09. The van der Waals surface area contributed by atoms with Gasteiger partial charge >= 0.3 is 0 Å². The van der Waals surface area contributed by atoms with Gasteiger partial charge in [0.15, 0.2) is 0 Å². The number of hydrogen-bond acceptors (Lipinski definition) is 3. The summed E-state index contributed by atoms with van der Waals surface area (Å²) >= 11 is 7.74. The summed E-state index contributed by atoms with van der Waals surface area (Å²) in [6.07, 6.45) is 1.70.